The first kappa shape index (κ1) is 21.7. The number of rotatable bonds is 8. The molecule has 3 rings (SSSR count). The summed E-state index contributed by atoms with van der Waals surface area (Å²) < 4.78 is 67.3. The van der Waals surface area contributed by atoms with Crippen LogP contribution in [-0.2, 0) is 6.42 Å². The molecule has 0 aliphatic carbocycles. The fraction of sp³-hybridized carbons (Fsp3) is 0.250. The molecule has 0 fully saturated rings. The van der Waals surface area contributed by atoms with Crippen LogP contribution in [0.25, 0.3) is 11.1 Å². The van der Waals surface area contributed by atoms with Crippen LogP contribution in [0.15, 0.2) is 54.6 Å². The monoisotopic (exact) mass is 418 g/mol. The van der Waals surface area contributed by atoms with Crippen LogP contribution in [0.4, 0.5) is 17.6 Å². The highest BCUT2D eigenvalue weighted by molar-refractivity contribution is 5.66. The van der Waals surface area contributed by atoms with Crippen molar-refractivity contribution in [2.75, 3.05) is 13.2 Å². The quantitative estimate of drug-likeness (QED) is 0.392. The molecule has 0 radical (unpaired) electrons. The van der Waals surface area contributed by atoms with E-state index < -0.39 is 23.6 Å². The van der Waals surface area contributed by atoms with E-state index in [1.54, 1.807) is 6.92 Å². The van der Waals surface area contributed by atoms with E-state index >= 15 is 0 Å². The van der Waals surface area contributed by atoms with Gasteiger partial charge in [-0.3, -0.25) is 0 Å². The Balaban J connectivity index is 1.68. The molecule has 0 spiro atoms. The number of hydrogen-bond acceptors (Lipinski definition) is 2. The summed E-state index contributed by atoms with van der Waals surface area (Å²) >= 11 is 0. The Kier molecular flexibility index (Phi) is 6.98. The van der Waals surface area contributed by atoms with Crippen molar-refractivity contribution in [1.29, 1.82) is 0 Å². The van der Waals surface area contributed by atoms with Crippen molar-refractivity contribution < 1.29 is 27.0 Å². The Bertz CT molecular complexity index is 1000. The molecule has 0 saturated carbocycles. The largest absolute Gasteiger partial charge is 0.491 e. The molecule has 0 bridgehead atoms. The molecule has 158 valence electrons. The third-order valence-corrected chi connectivity index (χ3v) is 4.59. The summed E-state index contributed by atoms with van der Waals surface area (Å²) in [6.07, 6.45) is -1.17. The van der Waals surface area contributed by atoms with E-state index in [-0.39, 0.29) is 42.3 Å². The van der Waals surface area contributed by atoms with Crippen LogP contribution in [0.1, 0.15) is 18.1 Å². The summed E-state index contributed by atoms with van der Waals surface area (Å²) in [5, 5.41) is 0. The zero-order valence-corrected chi connectivity index (χ0v) is 16.7. The maximum atomic E-state index is 14.4. The second-order valence-corrected chi connectivity index (χ2v) is 6.92. The van der Waals surface area contributed by atoms with E-state index in [0.717, 1.165) is 17.2 Å². The van der Waals surface area contributed by atoms with Gasteiger partial charge in [0.2, 0.25) is 5.82 Å². The highest BCUT2D eigenvalue weighted by atomic mass is 19.2. The molecule has 0 aliphatic rings. The molecule has 0 amide bonds. The van der Waals surface area contributed by atoms with E-state index in [1.807, 2.05) is 31.2 Å². The first-order valence-corrected chi connectivity index (χ1v) is 9.62. The maximum Gasteiger partial charge on any atom is 0.201 e. The van der Waals surface area contributed by atoms with Gasteiger partial charge in [0.05, 0.1) is 6.61 Å². The molecule has 2 nitrogen and oxygen atoms in total. The van der Waals surface area contributed by atoms with Crippen LogP contribution in [0.2, 0.25) is 0 Å². The average Bonchev–Trinajstić information content (AvgIpc) is 2.72. The Hall–Kier alpha value is -3.02. The molecule has 1 unspecified atom stereocenters. The summed E-state index contributed by atoms with van der Waals surface area (Å²) in [5.74, 6) is -3.41. The molecule has 0 aromatic heterocycles. The van der Waals surface area contributed by atoms with Crippen molar-refractivity contribution in [2.45, 2.75) is 26.4 Å². The standard InChI is InChI=1S/C24H22F4O2/c1-3-29-22-11-9-19(23(27)24(22)28)17-8-10-21(20(26)13-17)30-14-18(25)12-16-6-4-15(2)5-7-16/h4-11,13,18H,3,12,14H2,1-2H3. The van der Waals surface area contributed by atoms with E-state index in [2.05, 4.69) is 0 Å². The highest BCUT2D eigenvalue weighted by Gasteiger charge is 2.17. The predicted octanol–water partition coefficient (Wildman–Crippen LogP) is 6.44. The van der Waals surface area contributed by atoms with Gasteiger partial charge >= 0.3 is 0 Å². The number of ether oxygens (including phenoxy) is 2. The minimum atomic E-state index is -1.32. The molecule has 6 heteroatoms. The van der Waals surface area contributed by atoms with Gasteiger partial charge in [0.25, 0.3) is 0 Å². The minimum absolute atomic E-state index is 0.107. The first-order chi connectivity index (χ1) is 14.4. The Morgan fingerprint density at radius 2 is 1.53 bits per heavy atom. The van der Waals surface area contributed by atoms with Crippen LogP contribution < -0.4 is 9.47 Å². The number of alkyl halides is 1. The Morgan fingerprint density at radius 3 is 2.20 bits per heavy atom. The summed E-state index contributed by atoms with van der Waals surface area (Å²) in [5.41, 5.74) is 1.93. The lowest BCUT2D eigenvalue weighted by Crippen LogP contribution is -2.16. The molecule has 0 aliphatic heterocycles. The molecular formula is C24H22F4O2. The molecule has 0 N–H and O–H groups in total. The molecule has 1 atom stereocenters. The smallest absolute Gasteiger partial charge is 0.201 e. The molecular weight excluding hydrogens is 396 g/mol. The Morgan fingerprint density at radius 1 is 0.833 bits per heavy atom. The lowest BCUT2D eigenvalue weighted by Gasteiger charge is -2.13. The van der Waals surface area contributed by atoms with Crippen molar-refractivity contribution in [1.82, 2.24) is 0 Å². The topological polar surface area (TPSA) is 18.5 Å². The fourth-order valence-corrected chi connectivity index (χ4v) is 3.03. The minimum Gasteiger partial charge on any atom is -0.491 e. The summed E-state index contributed by atoms with van der Waals surface area (Å²) in [7, 11) is 0. The third-order valence-electron chi connectivity index (χ3n) is 4.59. The number of aryl methyl sites for hydroxylation is 1. The van der Waals surface area contributed by atoms with Crippen molar-refractivity contribution in [3.8, 4) is 22.6 Å². The Labute approximate surface area is 173 Å². The third kappa shape index (κ3) is 5.12. The fourth-order valence-electron chi connectivity index (χ4n) is 3.03. The van der Waals surface area contributed by atoms with Gasteiger partial charge in [-0.1, -0.05) is 35.9 Å². The molecule has 3 aromatic carbocycles. The zero-order chi connectivity index (χ0) is 21.7. The normalized spacial score (nSPS) is 11.9. The van der Waals surface area contributed by atoms with Gasteiger partial charge in [0, 0.05) is 12.0 Å². The molecule has 0 saturated heterocycles. The summed E-state index contributed by atoms with van der Waals surface area (Å²) in [6, 6.07) is 13.8. The molecule has 3 aromatic rings. The van der Waals surface area contributed by atoms with Gasteiger partial charge < -0.3 is 9.47 Å². The lowest BCUT2D eigenvalue weighted by molar-refractivity contribution is 0.190. The second-order valence-electron chi connectivity index (χ2n) is 6.92. The molecule has 0 heterocycles. The van der Waals surface area contributed by atoms with Gasteiger partial charge in [0.15, 0.2) is 23.1 Å². The van der Waals surface area contributed by atoms with Gasteiger partial charge in [-0.2, -0.15) is 4.39 Å². The summed E-state index contributed by atoms with van der Waals surface area (Å²) in [6.45, 7) is 3.47. The molecule has 30 heavy (non-hydrogen) atoms. The van der Waals surface area contributed by atoms with Crippen molar-refractivity contribution in [3.05, 3.63) is 83.2 Å². The van der Waals surface area contributed by atoms with Gasteiger partial charge in [-0.25, -0.2) is 13.2 Å². The van der Waals surface area contributed by atoms with Gasteiger partial charge in [0.1, 0.15) is 12.8 Å². The number of hydrogen-bond donors (Lipinski definition) is 0. The van der Waals surface area contributed by atoms with Crippen molar-refractivity contribution >= 4 is 0 Å². The van der Waals surface area contributed by atoms with E-state index in [9.17, 15) is 17.6 Å². The predicted molar refractivity (Wildman–Crippen MR) is 108 cm³/mol. The van der Waals surface area contributed by atoms with Gasteiger partial charge in [-0.05, 0) is 49.2 Å². The SMILES string of the molecule is CCOc1ccc(-c2ccc(OCC(F)Cc3ccc(C)cc3)c(F)c2)c(F)c1F. The second kappa shape index (κ2) is 9.65. The van der Waals surface area contributed by atoms with Crippen LogP contribution in [0, 0.1) is 24.4 Å². The van der Waals surface area contributed by atoms with E-state index in [1.165, 1.54) is 24.3 Å². The van der Waals surface area contributed by atoms with Gasteiger partial charge in [-0.15, -0.1) is 0 Å². The summed E-state index contributed by atoms with van der Waals surface area (Å²) in [4.78, 5) is 0. The average molecular weight is 418 g/mol. The van der Waals surface area contributed by atoms with Crippen LogP contribution in [0.5, 0.6) is 11.5 Å². The van der Waals surface area contributed by atoms with Crippen LogP contribution in [-0.4, -0.2) is 19.4 Å². The van der Waals surface area contributed by atoms with Crippen LogP contribution in [0.3, 0.4) is 0 Å². The van der Waals surface area contributed by atoms with Crippen LogP contribution >= 0.6 is 0 Å². The van der Waals surface area contributed by atoms with E-state index in [0.29, 0.717) is 0 Å². The maximum absolute atomic E-state index is 14.4. The number of halogens is 4. The van der Waals surface area contributed by atoms with E-state index in [4.69, 9.17) is 9.47 Å². The first-order valence-electron chi connectivity index (χ1n) is 9.62. The zero-order valence-electron chi connectivity index (χ0n) is 16.7. The van der Waals surface area contributed by atoms with Crippen molar-refractivity contribution in [2.24, 2.45) is 0 Å². The lowest BCUT2D eigenvalue weighted by atomic mass is 10.0. The number of benzene rings is 3. The highest BCUT2D eigenvalue weighted by Crippen LogP contribution is 2.32. The van der Waals surface area contributed by atoms with Crippen molar-refractivity contribution in [3.63, 3.8) is 0 Å².